The molecule has 1 atom stereocenters. The average Bonchev–Trinajstić information content (AvgIpc) is 2.40. The Morgan fingerprint density at radius 1 is 1.30 bits per heavy atom. The lowest BCUT2D eigenvalue weighted by molar-refractivity contribution is -0.137. The van der Waals surface area contributed by atoms with E-state index in [0.717, 1.165) is 12.1 Å². The van der Waals surface area contributed by atoms with Gasteiger partial charge in [0.1, 0.15) is 6.04 Å². The molecule has 0 aliphatic carbocycles. The number of halogens is 3. The number of alkyl halides is 3. The van der Waals surface area contributed by atoms with Crippen molar-refractivity contribution < 1.29 is 22.8 Å². The Labute approximate surface area is 113 Å². The van der Waals surface area contributed by atoms with Crippen LogP contribution in [-0.2, 0) is 11.0 Å². The topological polar surface area (TPSA) is 58.2 Å². The fourth-order valence-electron chi connectivity index (χ4n) is 2.07. The van der Waals surface area contributed by atoms with E-state index in [4.69, 9.17) is 0 Å². The van der Waals surface area contributed by atoms with Crippen LogP contribution in [0.4, 0.5) is 13.2 Å². The zero-order valence-electron chi connectivity index (χ0n) is 10.5. The van der Waals surface area contributed by atoms with Gasteiger partial charge >= 0.3 is 6.18 Å². The summed E-state index contributed by atoms with van der Waals surface area (Å²) in [6.07, 6.45) is -3.51. The molecule has 1 aromatic rings. The molecule has 0 spiro atoms. The lowest BCUT2D eigenvalue weighted by Gasteiger charge is -2.23. The van der Waals surface area contributed by atoms with Crippen LogP contribution in [0.3, 0.4) is 0 Å². The van der Waals surface area contributed by atoms with Gasteiger partial charge in [-0.25, -0.2) is 0 Å². The van der Waals surface area contributed by atoms with E-state index in [1.54, 1.807) is 0 Å². The van der Waals surface area contributed by atoms with Gasteiger partial charge in [0, 0.05) is 6.54 Å². The molecule has 1 fully saturated rings. The van der Waals surface area contributed by atoms with Crippen LogP contribution < -0.4 is 10.6 Å². The fourth-order valence-corrected chi connectivity index (χ4v) is 2.07. The molecule has 0 saturated carbocycles. The van der Waals surface area contributed by atoms with Crippen LogP contribution in [0, 0.1) is 0 Å². The maximum Gasteiger partial charge on any atom is 0.417 e. The van der Waals surface area contributed by atoms with Crippen LogP contribution in [0.25, 0.3) is 0 Å². The molecular formula is C13H13F3N2O2. The number of carbonyl (C=O) groups is 2. The lowest BCUT2D eigenvalue weighted by atomic mass is 10.0. The standard InChI is InChI=1S/C13H13F3N2O2/c14-13(15,16)9-5-2-1-4-8(9)11(19)18-10-6-3-7-17-12(10)20/h1-2,4-5,10H,3,6-7H2,(H,17,20)(H,18,19). The first kappa shape index (κ1) is 14.4. The Morgan fingerprint density at radius 2 is 2.00 bits per heavy atom. The molecule has 108 valence electrons. The van der Waals surface area contributed by atoms with Gasteiger partial charge in [0.25, 0.3) is 5.91 Å². The molecule has 1 aliphatic rings. The highest BCUT2D eigenvalue weighted by Gasteiger charge is 2.35. The minimum atomic E-state index is -4.61. The minimum absolute atomic E-state index is 0.367. The van der Waals surface area contributed by atoms with E-state index >= 15 is 0 Å². The third-order valence-corrected chi connectivity index (χ3v) is 3.07. The summed E-state index contributed by atoms with van der Waals surface area (Å²) in [6, 6.07) is 3.73. The van der Waals surface area contributed by atoms with Crippen LogP contribution in [0.5, 0.6) is 0 Å². The maximum absolute atomic E-state index is 12.8. The molecule has 2 N–H and O–H groups in total. The third kappa shape index (κ3) is 3.09. The summed E-state index contributed by atoms with van der Waals surface area (Å²) in [7, 11) is 0. The molecule has 1 unspecified atom stereocenters. The van der Waals surface area contributed by atoms with E-state index in [0.29, 0.717) is 19.4 Å². The Hall–Kier alpha value is -2.05. The molecule has 20 heavy (non-hydrogen) atoms. The number of hydrogen-bond donors (Lipinski definition) is 2. The number of rotatable bonds is 2. The van der Waals surface area contributed by atoms with Gasteiger partial charge in [-0.1, -0.05) is 12.1 Å². The molecule has 4 nitrogen and oxygen atoms in total. The van der Waals surface area contributed by atoms with Crippen molar-refractivity contribution in [3.63, 3.8) is 0 Å². The lowest BCUT2D eigenvalue weighted by Crippen LogP contribution is -2.50. The van der Waals surface area contributed by atoms with E-state index in [9.17, 15) is 22.8 Å². The second-order valence-corrected chi connectivity index (χ2v) is 4.50. The highest BCUT2D eigenvalue weighted by Crippen LogP contribution is 2.31. The highest BCUT2D eigenvalue weighted by molar-refractivity contribution is 5.98. The highest BCUT2D eigenvalue weighted by atomic mass is 19.4. The van der Waals surface area contributed by atoms with Crippen molar-refractivity contribution in [3.05, 3.63) is 35.4 Å². The SMILES string of the molecule is O=C(NC1CCCNC1=O)c1ccccc1C(F)(F)F. The van der Waals surface area contributed by atoms with Gasteiger partial charge in [-0.15, -0.1) is 0 Å². The average molecular weight is 286 g/mol. The predicted octanol–water partition coefficient (Wildman–Crippen LogP) is 1.71. The quantitative estimate of drug-likeness (QED) is 0.869. The second kappa shape index (κ2) is 5.52. The molecule has 0 bridgehead atoms. The zero-order chi connectivity index (χ0) is 14.8. The van der Waals surface area contributed by atoms with Crippen molar-refractivity contribution in [2.24, 2.45) is 0 Å². The van der Waals surface area contributed by atoms with E-state index in [1.165, 1.54) is 12.1 Å². The summed E-state index contributed by atoms with van der Waals surface area (Å²) < 4.78 is 38.4. The van der Waals surface area contributed by atoms with E-state index < -0.39 is 29.3 Å². The molecule has 1 aliphatic heterocycles. The minimum Gasteiger partial charge on any atom is -0.354 e. The summed E-state index contributed by atoms with van der Waals surface area (Å²) in [4.78, 5) is 23.4. The largest absolute Gasteiger partial charge is 0.417 e. The van der Waals surface area contributed by atoms with Crippen molar-refractivity contribution in [2.45, 2.75) is 25.1 Å². The molecule has 2 rings (SSSR count). The monoisotopic (exact) mass is 286 g/mol. The van der Waals surface area contributed by atoms with Crippen LogP contribution in [-0.4, -0.2) is 24.4 Å². The van der Waals surface area contributed by atoms with Crippen molar-refractivity contribution in [3.8, 4) is 0 Å². The maximum atomic E-state index is 12.8. The number of benzene rings is 1. The third-order valence-electron chi connectivity index (χ3n) is 3.07. The summed E-state index contributed by atoms with van der Waals surface area (Å²) >= 11 is 0. The molecule has 1 heterocycles. The van der Waals surface area contributed by atoms with Crippen molar-refractivity contribution >= 4 is 11.8 Å². The van der Waals surface area contributed by atoms with Gasteiger partial charge in [-0.2, -0.15) is 13.2 Å². The number of nitrogens with one attached hydrogen (secondary N) is 2. The van der Waals surface area contributed by atoms with E-state index in [1.807, 2.05) is 0 Å². The first-order chi connectivity index (χ1) is 9.39. The normalized spacial score (nSPS) is 19.4. The van der Waals surface area contributed by atoms with Gasteiger partial charge < -0.3 is 10.6 Å². The van der Waals surface area contributed by atoms with Crippen LogP contribution in [0.15, 0.2) is 24.3 Å². The summed E-state index contributed by atoms with van der Waals surface area (Å²) in [5.41, 5.74) is -1.48. The number of carbonyl (C=O) groups excluding carboxylic acids is 2. The summed E-state index contributed by atoms with van der Waals surface area (Å²) in [5, 5.41) is 4.90. The first-order valence-corrected chi connectivity index (χ1v) is 6.14. The van der Waals surface area contributed by atoms with Crippen molar-refractivity contribution in [2.75, 3.05) is 6.54 Å². The zero-order valence-corrected chi connectivity index (χ0v) is 10.5. The van der Waals surface area contributed by atoms with Crippen LogP contribution in [0.1, 0.15) is 28.8 Å². The summed E-state index contributed by atoms with van der Waals surface area (Å²) in [6.45, 7) is 0.518. The Kier molecular flexibility index (Phi) is 3.96. The molecule has 1 saturated heterocycles. The van der Waals surface area contributed by atoms with Crippen LogP contribution >= 0.6 is 0 Å². The van der Waals surface area contributed by atoms with Crippen molar-refractivity contribution in [1.82, 2.24) is 10.6 Å². The number of piperidine rings is 1. The Morgan fingerprint density at radius 3 is 2.65 bits per heavy atom. The van der Waals surface area contributed by atoms with Gasteiger partial charge in [0.05, 0.1) is 11.1 Å². The smallest absolute Gasteiger partial charge is 0.354 e. The molecule has 2 amide bonds. The summed E-state index contributed by atoms with van der Waals surface area (Å²) in [5.74, 6) is -1.26. The Bertz CT molecular complexity index is 529. The molecular weight excluding hydrogens is 273 g/mol. The Balaban J connectivity index is 2.19. The molecule has 1 aromatic carbocycles. The number of amides is 2. The van der Waals surface area contributed by atoms with Gasteiger partial charge in [0.15, 0.2) is 0 Å². The van der Waals surface area contributed by atoms with E-state index in [-0.39, 0.29) is 5.91 Å². The molecule has 7 heteroatoms. The van der Waals surface area contributed by atoms with E-state index in [2.05, 4.69) is 10.6 Å². The fraction of sp³-hybridized carbons (Fsp3) is 0.385. The molecule has 0 aromatic heterocycles. The predicted molar refractivity (Wildman–Crippen MR) is 64.9 cm³/mol. The van der Waals surface area contributed by atoms with Gasteiger partial charge in [-0.3, -0.25) is 9.59 Å². The number of hydrogen-bond acceptors (Lipinski definition) is 2. The molecule has 0 radical (unpaired) electrons. The van der Waals surface area contributed by atoms with Gasteiger partial charge in [0.2, 0.25) is 5.91 Å². The first-order valence-electron chi connectivity index (χ1n) is 6.14. The van der Waals surface area contributed by atoms with Crippen molar-refractivity contribution in [1.29, 1.82) is 0 Å². The second-order valence-electron chi connectivity index (χ2n) is 4.50. The van der Waals surface area contributed by atoms with Gasteiger partial charge in [-0.05, 0) is 25.0 Å². The van der Waals surface area contributed by atoms with Crippen LogP contribution in [0.2, 0.25) is 0 Å².